The number of likely N-dealkylation sites (N-methyl/N-ethyl adjacent to an activating group) is 1. The molecular formula is C17H17N3O4. The number of amides is 2. The minimum absolute atomic E-state index is 0.378. The van der Waals surface area contributed by atoms with Crippen LogP contribution in [0.4, 0.5) is 11.5 Å². The summed E-state index contributed by atoms with van der Waals surface area (Å²) >= 11 is 0. The Kier molecular flexibility index (Phi) is 3.84. The molecule has 2 heterocycles. The first-order chi connectivity index (χ1) is 11.5. The third-order valence-corrected chi connectivity index (χ3v) is 3.86. The molecule has 0 radical (unpaired) electrons. The lowest BCUT2D eigenvalue weighted by molar-refractivity contribution is -0.145. The number of nitrogens with one attached hydrogen (secondary N) is 1. The SMILES string of the molecule is COc1cccc(NC(=O)[C@@]2(C)Oc3cccnc3N(C)C2=O)c1. The van der Waals surface area contributed by atoms with E-state index in [-0.39, 0.29) is 0 Å². The molecule has 7 heteroatoms. The lowest BCUT2D eigenvalue weighted by atomic mass is 10.0. The van der Waals surface area contributed by atoms with E-state index in [1.165, 1.54) is 18.9 Å². The molecule has 0 fully saturated rings. The predicted molar refractivity (Wildman–Crippen MR) is 88.3 cm³/mol. The van der Waals surface area contributed by atoms with Gasteiger partial charge in [-0.2, -0.15) is 0 Å². The van der Waals surface area contributed by atoms with Gasteiger partial charge in [0.2, 0.25) is 0 Å². The standard InChI is InChI=1S/C17H17N3O4/c1-17(15(21)19-11-6-4-7-12(10-11)23-3)16(22)20(2)14-13(24-17)8-5-9-18-14/h4-10H,1-3H3,(H,19,21)/t17-/m1/s1. The van der Waals surface area contributed by atoms with E-state index >= 15 is 0 Å². The molecule has 24 heavy (non-hydrogen) atoms. The average molecular weight is 327 g/mol. The first-order valence-electron chi connectivity index (χ1n) is 7.33. The van der Waals surface area contributed by atoms with Gasteiger partial charge in [0.25, 0.3) is 17.4 Å². The molecule has 1 aromatic heterocycles. The molecule has 124 valence electrons. The van der Waals surface area contributed by atoms with Crippen LogP contribution in [0.1, 0.15) is 6.92 Å². The monoisotopic (exact) mass is 327 g/mol. The van der Waals surface area contributed by atoms with E-state index in [2.05, 4.69) is 10.3 Å². The van der Waals surface area contributed by atoms with Gasteiger partial charge in [0.15, 0.2) is 11.6 Å². The van der Waals surface area contributed by atoms with Crippen LogP contribution in [0.2, 0.25) is 0 Å². The molecule has 1 aliphatic rings. The van der Waals surface area contributed by atoms with Gasteiger partial charge >= 0.3 is 0 Å². The molecule has 0 aliphatic carbocycles. The van der Waals surface area contributed by atoms with E-state index in [1.807, 2.05) is 0 Å². The predicted octanol–water partition coefficient (Wildman–Crippen LogP) is 1.84. The normalized spacial score (nSPS) is 19.3. The number of methoxy groups -OCH3 is 1. The molecule has 7 nitrogen and oxygen atoms in total. The van der Waals surface area contributed by atoms with Gasteiger partial charge < -0.3 is 14.8 Å². The molecule has 1 aromatic carbocycles. The first kappa shape index (κ1) is 15.8. The summed E-state index contributed by atoms with van der Waals surface area (Å²) in [4.78, 5) is 30.8. The Morgan fingerprint density at radius 1 is 1.33 bits per heavy atom. The summed E-state index contributed by atoms with van der Waals surface area (Å²) in [5.41, 5.74) is -1.18. The summed E-state index contributed by atoms with van der Waals surface area (Å²) in [6.07, 6.45) is 1.56. The highest BCUT2D eigenvalue weighted by Crippen LogP contribution is 2.35. The Bertz CT molecular complexity index is 808. The Morgan fingerprint density at radius 2 is 2.12 bits per heavy atom. The van der Waals surface area contributed by atoms with Gasteiger partial charge in [-0.15, -0.1) is 0 Å². The van der Waals surface area contributed by atoms with Crippen molar-refractivity contribution >= 4 is 23.3 Å². The minimum atomic E-state index is -1.69. The zero-order chi connectivity index (χ0) is 17.3. The van der Waals surface area contributed by atoms with E-state index in [1.54, 1.807) is 49.6 Å². The maximum Gasteiger partial charge on any atom is 0.281 e. The number of ether oxygens (including phenoxy) is 2. The summed E-state index contributed by atoms with van der Waals surface area (Å²) < 4.78 is 10.8. The Hall–Kier alpha value is -3.09. The van der Waals surface area contributed by atoms with Crippen molar-refractivity contribution in [2.24, 2.45) is 0 Å². The number of carbonyl (C=O) groups is 2. The van der Waals surface area contributed by atoms with Crippen molar-refractivity contribution in [3.8, 4) is 11.5 Å². The number of nitrogens with zero attached hydrogens (tertiary/aromatic N) is 2. The second-order valence-corrected chi connectivity index (χ2v) is 5.51. The summed E-state index contributed by atoms with van der Waals surface area (Å²) in [6, 6.07) is 10.2. The van der Waals surface area contributed by atoms with Crippen LogP contribution in [0.15, 0.2) is 42.6 Å². The largest absolute Gasteiger partial charge is 0.497 e. The van der Waals surface area contributed by atoms with Crippen molar-refractivity contribution in [1.29, 1.82) is 0 Å². The smallest absolute Gasteiger partial charge is 0.281 e. The molecule has 1 atom stereocenters. The molecule has 1 aliphatic heterocycles. The number of carbonyl (C=O) groups excluding carboxylic acids is 2. The molecule has 0 spiro atoms. The number of pyridine rings is 1. The number of anilines is 2. The number of benzene rings is 1. The van der Waals surface area contributed by atoms with Crippen LogP contribution in [0, 0.1) is 0 Å². The Labute approximate surface area is 139 Å². The van der Waals surface area contributed by atoms with Crippen molar-refractivity contribution < 1.29 is 19.1 Å². The number of aromatic nitrogens is 1. The topological polar surface area (TPSA) is 80.8 Å². The van der Waals surface area contributed by atoms with Gasteiger partial charge in [-0.1, -0.05) is 6.07 Å². The molecule has 0 saturated carbocycles. The van der Waals surface area contributed by atoms with E-state index < -0.39 is 17.4 Å². The molecule has 2 aromatic rings. The molecule has 2 amide bonds. The van der Waals surface area contributed by atoms with E-state index in [9.17, 15) is 9.59 Å². The fourth-order valence-corrected chi connectivity index (χ4v) is 2.49. The number of hydrogen-bond acceptors (Lipinski definition) is 5. The zero-order valence-corrected chi connectivity index (χ0v) is 13.6. The Morgan fingerprint density at radius 3 is 2.88 bits per heavy atom. The molecule has 0 saturated heterocycles. The van der Waals surface area contributed by atoms with E-state index in [4.69, 9.17) is 9.47 Å². The van der Waals surface area contributed by atoms with Crippen LogP contribution in [-0.4, -0.2) is 36.6 Å². The zero-order valence-electron chi connectivity index (χ0n) is 13.6. The maximum atomic E-state index is 12.7. The third kappa shape index (κ3) is 2.54. The second-order valence-electron chi connectivity index (χ2n) is 5.51. The highest BCUT2D eigenvalue weighted by molar-refractivity contribution is 6.19. The van der Waals surface area contributed by atoms with Crippen molar-refractivity contribution in [3.05, 3.63) is 42.6 Å². The first-order valence-corrected chi connectivity index (χ1v) is 7.33. The maximum absolute atomic E-state index is 12.7. The molecule has 0 bridgehead atoms. The van der Waals surface area contributed by atoms with Crippen LogP contribution in [0.3, 0.4) is 0 Å². The average Bonchev–Trinajstić information content (AvgIpc) is 2.60. The van der Waals surface area contributed by atoms with Gasteiger partial charge in [-0.05, 0) is 31.2 Å². The summed E-state index contributed by atoms with van der Waals surface area (Å²) in [5.74, 6) is 0.300. The van der Waals surface area contributed by atoms with Crippen molar-refractivity contribution in [3.63, 3.8) is 0 Å². The van der Waals surface area contributed by atoms with E-state index in [0.717, 1.165) is 0 Å². The van der Waals surface area contributed by atoms with E-state index in [0.29, 0.717) is 23.0 Å². The molecule has 3 rings (SSSR count). The highest BCUT2D eigenvalue weighted by Gasteiger charge is 2.50. The lowest BCUT2D eigenvalue weighted by Gasteiger charge is -2.36. The number of hydrogen-bond donors (Lipinski definition) is 1. The quantitative estimate of drug-likeness (QED) is 0.870. The van der Waals surface area contributed by atoms with Gasteiger partial charge in [0.1, 0.15) is 5.75 Å². The summed E-state index contributed by atoms with van der Waals surface area (Å²) in [6.45, 7) is 1.44. The van der Waals surface area contributed by atoms with Gasteiger partial charge in [0.05, 0.1) is 7.11 Å². The van der Waals surface area contributed by atoms with Crippen LogP contribution in [-0.2, 0) is 9.59 Å². The molecular weight excluding hydrogens is 310 g/mol. The van der Waals surface area contributed by atoms with Crippen molar-refractivity contribution in [2.75, 3.05) is 24.4 Å². The van der Waals surface area contributed by atoms with Gasteiger partial charge in [-0.25, -0.2) is 4.98 Å². The van der Waals surface area contributed by atoms with Crippen molar-refractivity contribution in [2.45, 2.75) is 12.5 Å². The number of fused-ring (bicyclic) bond motifs is 1. The second kappa shape index (κ2) is 5.84. The van der Waals surface area contributed by atoms with Crippen LogP contribution >= 0.6 is 0 Å². The van der Waals surface area contributed by atoms with Crippen molar-refractivity contribution in [1.82, 2.24) is 4.98 Å². The Balaban J connectivity index is 1.90. The van der Waals surface area contributed by atoms with Gasteiger partial charge in [0, 0.05) is 25.0 Å². The van der Waals surface area contributed by atoms with Crippen LogP contribution in [0.5, 0.6) is 11.5 Å². The lowest BCUT2D eigenvalue weighted by Crippen LogP contribution is -2.60. The molecule has 1 N–H and O–H groups in total. The third-order valence-electron chi connectivity index (χ3n) is 3.86. The molecule has 0 unspecified atom stereocenters. The number of rotatable bonds is 3. The summed E-state index contributed by atoms with van der Waals surface area (Å²) in [7, 11) is 3.10. The summed E-state index contributed by atoms with van der Waals surface area (Å²) in [5, 5.41) is 2.70. The van der Waals surface area contributed by atoms with Crippen LogP contribution in [0.25, 0.3) is 0 Å². The minimum Gasteiger partial charge on any atom is -0.497 e. The highest BCUT2D eigenvalue weighted by atomic mass is 16.5. The fourth-order valence-electron chi connectivity index (χ4n) is 2.49. The fraction of sp³-hybridized carbons (Fsp3) is 0.235. The van der Waals surface area contributed by atoms with Gasteiger partial charge in [-0.3, -0.25) is 14.5 Å². The van der Waals surface area contributed by atoms with Crippen LogP contribution < -0.4 is 19.7 Å².